The molecule has 0 aliphatic heterocycles. The number of carbonyl (C=O) groups excluding carboxylic acids is 1. The van der Waals surface area contributed by atoms with Crippen molar-refractivity contribution >= 4 is 27.5 Å². The van der Waals surface area contributed by atoms with Gasteiger partial charge in [0.05, 0.1) is 17.5 Å². The molecule has 21 heavy (non-hydrogen) atoms. The molecule has 1 aromatic heterocycles. The average molecular weight is 309 g/mol. The zero-order valence-electron chi connectivity index (χ0n) is 11.3. The average Bonchev–Trinajstić information content (AvgIpc) is 2.85. The van der Waals surface area contributed by atoms with Crippen molar-refractivity contribution in [3.63, 3.8) is 0 Å². The second-order valence-electron chi connectivity index (χ2n) is 4.29. The van der Waals surface area contributed by atoms with E-state index < -0.39 is 10.2 Å². The molecule has 0 saturated heterocycles. The molecule has 7 nitrogen and oxygen atoms in total. The lowest BCUT2D eigenvalue weighted by molar-refractivity contribution is 0.102. The normalized spacial score (nSPS) is 11.1. The largest absolute Gasteiger partial charge is 0.469 e. The maximum Gasteiger partial charge on any atom is 0.296 e. The van der Waals surface area contributed by atoms with Crippen molar-refractivity contribution in [3.8, 4) is 0 Å². The first-order valence-electron chi connectivity index (χ1n) is 6.17. The highest BCUT2D eigenvalue weighted by atomic mass is 32.2. The maximum absolute atomic E-state index is 12.1. The first-order valence-corrected chi connectivity index (χ1v) is 7.72. The summed E-state index contributed by atoms with van der Waals surface area (Å²) in [5, 5.41) is 7.57. The van der Waals surface area contributed by atoms with Crippen LogP contribution >= 0.6 is 0 Å². The summed E-state index contributed by atoms with van der Waals surface area (Å²) in [6, 6.07) is 7.81. The quantitative estimate of drug-likeness (QED) is 0.780. The van der Waals surface area contributed by atoms with E-state index in [1.807, 2.05) is 6.92 Å². The number of aryl methyl sites for hydroxylation is 1. The number of nitrogens with one attached hydrogen (secondary N) is 2. The van der Waals surface area contributed by atoms with E-state index in [2.05, 4.69) is 10.0 Å². The van der Waals surface area contributed by atoms with Crippen LogP contribution in [-0.2, 0) is 16.6 Å². The Morgan fingerprint density at radius 2 is 2.00 bits per heavy atom. The van der Waals surface area contributed by atoms with Crippen LogP contribution in [0.2, 0.25) is 0 Å². The van der Waals surface area contributed by atoms with Gasteiger partial charge in [0.15, 0.2) is 0 Å². The van der Waals surface area contributed by atoms with Crippen LogP contribution in [0, 0.1) is 0 Å². The third kappa shape index (κ3) is 4.07. The smallest absolute Gasteiger partial charge is 0.296 e. The van der Waals surface area contributed by atoms with Gasteiger partial charge in [-0.1, -0.05) is 13.0 Å². The summed E-state index contributed by atoms with van der Waals surface area (Å²) in [5.74, 6) is 0.264. The fourth-order valence-electron chi connectivity index (χ4n) is 1.84. The standard InChI is InChI=1S/C13H15N3O4S/c1-2-12-11(6-7-20-12)13(17)15-9-4-3-5-10(8-9)16-21(14,18)19/h3-8,16H,2H2,1H3,(H,15,17)(H2,14,18,19). The Balaban J connectivity index is 2.16. The minimum atomic E-state index is -3.85. The molecule has 0 spiro atoms. The van der Waals surface area contributed by atoms with Crippen LogP contribution in [0.1, 0.15) is 23.0 Å². The molecule has 1 heterocycles. The third-order valence-corrected chi connectivity index (χ3v) is 3.21. The number of carbonyl (C=O) groups is 1. The highest BCUT2D eigenvalue weighted by molar-refractivity contribution is 7.90. The van der Waals surface area contributed by atoms with Crippen molar-refractivity contribution in [2.45, 2.75) is 13.3 Å². The molecule has 0 fully saturated rings. The van der Waals surface area contributed by atoms with E-state index in [-0.39, 0.29) is 11.6 Å². The van der Waals surface area contributed by atoms with E-state index in [4.69, 9.17) is 9.56 Å². The Labute approximate surface area is 122 Å². The van der Waals surface area contributed by atoms with Crippen molar-refractivity contribution in [1.82, 2.24) is 0 Å². The topological polar surface area (TPSA) is 114 Å². The number of anilines is 2. The van der Waals surface area contributed by atoms with Crippen molar-refractivity contribution in [1.29, 1.82) is 0 Å². The minimum absolute atomic E-state index is 0.262. The molecule has 0 atom stereocenters. The molecule has 0 unspecified atom stereocenters. The van der Waals surface area contributed by atoms with Gasteiger partial charge in [-0.2, -0.15) is 8.42 Å². The van der Waals surface area contributed by atoms with Crippen molar-refractivity contribution in [2.24, 2.45) is 5.14 Å². The molecule has 0 radical (unpaired) electrons. The van der Waals surface area contributed by atoms with Crippen LogP contribution in [0.15, 0.2) is 41.0 Å². The fourth-order valence-corrected chi connectivity index (χ4v) is 2.30. The number of furan rings is 1. The van der Waals surface area contributed by atoms with Crippen LogP contribution in [0.25, 0.3) is 0 Å². The zero-order chi connectivity index (χ0) is 15.5. The lowest BCUT2D eigenvalue weighted by atomic mass is 10.2. The molecule has 4 N–H and O–H groups in total. The summed E-state index contributed by atoms with van der Waals surface area (Å²) in [6.45, 7) is 1.88. The lowest BCUT2D eigenvalue weighted by Gasteiger charge is -2.08. The molecular formula is C13H15N3O4S. The van der Waals surface area contributed by atoms with Gasteiger partial charge in [0.25, 0.3) is 16.1 Å². The van der Waals surface area contributed by atoms with Crippen LogP contribution in [0.5, 0.6) is 0 Å². The second-order valence-corrected chi connectivity index (χ2v) is 5.59. The van der Waals surface area contributed by atoms with Gasteiger partial charge in [-0.05, 0) is 24.3 Å². The molecule has 1 amide bonds. The first-order chi connectivity index (χ1) is 9.89. The van der Waals surface area contributed by atoms with E-state index in [1.54, 1.807) is 18.2 Å². The molecule has 112 valence electrons. The highest BCUT2D eigenvalue weighted by Crippen LogP contribution is 2.18. The number of benzene rings is 1. The van der Waals surface area contributed by atoms with Crippen LogP contribution in [-0.4, -0.2) is 14.3 Å². The summed E-state index contributed by atoms with van der Waals surface area (Å²) in [7, 11) is -3.85. The molecule has 0 aliphatic carbocycles. The van der Waals surface area contributed by atoms with E-state index in [0.717, 1.165) is 0 Å². The second kappa shape index (κ2) is 5.98. The molecule has 2 rings (SSSR count). The monoisotopic (exact) mass is 309 g/mol. The van der Waals surface area contributed by atoms with Crippen molar-refractivity contribution in [2.75, 3.05) is 10.0 Å². The van der Waals surface area contributed by atoms with Gasteiger partial charge in [0.2, 0.25) is 0 Å². The van der Waals surface area contributed by atoms with E-state index >= 15 is 0 Å². The number of amides is 1. The van der Waals surface area contributed by atoms with Gasteiger partial charge in [-0.15, -0.1) is 0 Å². The summed E-state index contributed by atoms with van der Waals surface area (Å²) in [5.41, 5.74) is 1.15. The number of rotatable bonds is 5. The molecule has 2 aromatic rings. The van der Waals surface area contributed by atoms with Crippen molar-refractivity contribution < 1.29 is 17.6 Å². The Morgan fingerprint density at radius 3 is 2.67 bits per heavy atom. The summed E-state index contributed by atoms with van der Waals surface area (Å²) >= 11 is 0. The fraction of sp³-hybridized carbons (Fsp3) is 0.154. The number of hydrogen-bond acceptors (Lipinski definition) is 4. The first kappa shape index (κ1) is 15.1. The maximum atomic E-state index is 12.1. The predicted molar refractivity (Wildman–Crippen MR) is 79.2 cm³/mol. The van der Waals surface area contributed by atoms with Gasteiger partial charge in [-0.3, -0.25) is 9.52 Å². The molecular weight excluding hydrogens is 294 g/mol. The van der Waals surface area contributed by atoms with Gasteiger partial charge >= 0.3 is 0 Å². The van der Waals surface area contributed by atoms with E-state index in [9.17, 15) is 13.2 Å². The Hall–Kier alpha value is -2.32. The number of hydrogen-bond donors (Lipinski definition) is 3. The Bertz CT molecular complexity index is 752. The van der Waals surface area contributed by atoms with Gasteiger partial charge < -0.3 is 9.73 Å². The summed E-state index contributed by atoms with van der Waals surface area (Å²) < 4.78 is 29.3. The molecule has 0 saturated carbocycles. The van der Waals surface area contributed by atoms with Gasteiger partial charge in [-0.25, -0.2) is 5.14 Å². The summed E-state index contributed by atoms with van der Waals surface area (Å²) in [4.78, 5) is 12.1. The zero-order valence-corrected chi connectivity index (χ0v) is 12.1. The van der Waals surface area contributed by atoms with E-state index in [0.29, 0.717) is 23.4 Å². The molecule has 0 aliphatic rings. The molecule has 0 bridgehead atoms. The SMILES string of the molecule is CCc1occc1C(=O)Nc1cccc(NS(N)(=O)=O)c1. The molecule has 8 heteroatoms. The third-order valence-electron chi connectivity index (χ3n) is 2.69. The van der Waals surface area contributed by atoms with Gasteiger partial charge in [0, 0.05) is 12.1 Å². The van der Waals surface area contributed by atoms with E-state index in [1.165, 1.54) is 18.4 Å². The van der Waals surface area contributed by atoms with Crippen LogP contribution in [0.3, 0.4) is 0 Å². The minimum Gasteiger partial charge on any atom is -0.469 e. The van der Waals surface area contributed by atoms with Crippen LogP contribution < -0.4 is 15.2 Å². The number of nitrogens with two attached hydrogens (primary N) is 1. The highest BCUT2D eigenvalue weighted by Gasteiger charge is 2.13. The predicted octanol–water partition coefficient (Wildman–Crippen LogP) is 1.71. The Morgan fingerprint density at radius 1 is 1.29 bits per heavy atom. The molecule has 1 aromatic carbocycles. The van der Waals surface area contributed by atoms with Crippen LogP contribution in [0.4, 0.5) is 11.4 Å². The summed E-state index contributed by atoms with van der Waals surface area (Å²) in [6.07, 6.45) is 2.05. The lowest BCUT2D eigenvalue weighted by Crippen LogP contribution is -2.21. The van der Waals surface area contributed by atoms with Gasteiger partial charge in [0.1, 0.15) is 5.76 Å². The van der Waals surface area contributed by atoms with Crippen molar-refractivity contribution in [3.05, 3.63) is 47.9 Å². The Kier molecular flexibility index (Phi) is 4.29.